The first kappa shape index (κ1) is 12.3. The molecule has 0 unspecified atom stereocenters. The maximum absolute atomic E-state index is 10.5. The summed E-state index contributed by atoms with van der Waals surface area (Å²) in [6.07, 6.45) is 1.14. The van der Waals surface area contributed by atoms with Crippen LogP contribution in [0.25, 0.3) is 0 Å². The van der Waals surface area contributed by atoms with Gasteiger partial charge < -0.3 is 4.74 Å². The second-order valence-corrected chi connectivity index (χ2v) is 4.05. The van der Waals surface area contributed by atoms with Crippen molar-refractivity contribution in [2.24, 2.45) is 0 Å². The van der Waals surface area contributed by atoms with E-state index in [0.29, 0.717) is 10.8 Å². The lowest BCUT2D eigenvalue weighted by atomic mass is 10.2. The smallest absolute Gasteiger partial charge is 0.287 e. The summed E-state index contributed by atoms with van der Waals surface area (Å²) in [7, 11) is 0. The van der Waals surface area contributed by atoms with Gasteiger partial charge in [-0.15, -0.1) is 0 Å². The maximum Gasteiger partial charge on any atom is 0.287 e. The van der Waals surface area contributed by atoms with Crippen molar-refractivity contribution in [3.63, 3.8) is 0 Å². The van der Waals surface area contributed by atoms with E-state index in [2.05, 4.69) is 4.98 Å². The summed E-state index contributed by atoms with van der Waals surface area (Å²) in [6.45, 7) is 1.92. The van der Waals surface area contributed by atoms with Crippen LogP contribution in [-0.4, -0.2) is 9.91 Å². The number of benzene rings is 1. The Morgan fingerprint density at radius 1 is 1.33 bits per heavy atom. The highest BCUT2D eigenvalue weighted by Gasteiger charge is 2.08. The predicted molar refractivity (Wildman–Crippen MR) is 67.2 cm³/mol. The molecular weight excluding hydrogens is 256 g/mol. The molecule has 0 amide bonds. The normalized spacial score (nSPS) is 10.1. The van der Waals surface area contributed by atoms with Crippen molar-refractivity contribution in [2.45, 2.75) is 6.92 Å². The summed E-state index contributed by atoms with van der Waals surface area (Å²) in [6, 6.07) is 8.09. The largest absolute Gasteiger partial charge is 0.437 e. The molecule has 0 aliphatic carbocycles. The molecule has 0 saturated carbocycles. The Morgan fingerprint density at radius 2 is 2.11 bits per heavy atom. The lowest BCUT2D eigenvalue weighted by Gasteiger charge is -2.06. The summed E-state index contributed by atoms with van der Waals surface area (Å²) < 4.78 is 5.43. The molecule has 2 rings (SSSR count). The van der Waals surface area contributed by atoms with Crippen LogP contribution in [-0.2, 0) is 0 Å². The minimum atomic E-state index is -0.518. The minimum Gasteiger partial charge on any atom is -0.437 e. The zero-order chi connectivity index (χ0) is 13.1. The van der Waals surface area contributed by atoms with E-state index in [1.807, 2.05) is 13.0 Å². The van der Waals surface area contributed by atoms with Gasteiger partial charge in [-0.3, -0.25) is 10.1 Å². The predicted octanol–water partition coefficient (Wildman–Crippen LogP) is 3.74. The summed E-state index contributed by atoms with van der Waals surface area (Å²) in [5.74, 6) is 0.718. The van der Waals surface area contributed by atoms with E-state index in [0.717, 1.165) is 11.8 Å². The van der Waals surface area contributed by atoms with E-state index in [1.165, 1.54) is 12.1 Å². The van der Waals surface area contributed by atoms with Gasteiger partial charge >= 0.3 is 0 Å². The van der Waals surface area contributed by atoms with E-state index in [4.69, 9.17) is 16.3 Å². The average molecular weight is 265 g/mol. The fourth-order valence-electron chi connectivity index (χ4n) is 1.34. The molecule has 1 aromatic heterocycles. The Hall–Kier alpha value is -2.14. The number of ether oxygens (including phenoxy) is 1. The van der Waals surface area contributed by atoms with Crippen molar-refractivity contribution in [1.29, 1.82) is 0 Å². The molecule has 0 aliphatic heterocycles. The second kappa shape index (κ2) is 5.01. The Labute approximate surface area is 108 Å². The molecule has 1 aromatic carbocycles. The van der Waals surface area contributed by atoms with E-state index in [-0.39, 0.29) is 11.6 Å². The molecule has 0 aliphatic rings. The van der Waals surface area contributed by atoms with Gasteiger partial charge in [0.1, 0.15) is 11.9 Å². The van der Waals surface area contributed by atoms with Crippen LogP contribution >= 0.6 is 11.6 Å². The molecule has 0 fully saturated rings. The van der Waals surface area contributed by atoms with Crippen molar-refractivity contribution in [2.75, 3.05) is 0 Å². The molecule has 1 heterocycles. The van der Waals surface area contributed by atoms with E-state index in [9.17, 15) is 10.1 Å². The highest BCUT2D eigenvalue weighted by atomic mass is 35.5. The van der Waals surface area contributed by atoms with Crippen LogP contribution in [0, 0.1) is 17.0 Å². The van der Waals surface area contributed by atoms with Crippen molar-refractivity contribution >= 4 is 17.3 Å². The summed E-state index contributed by atoms with van der Waals surface area (Å²) in [5.41, 5.74) is 0.932. The molecule has 6 heteroatoms. The van der Waals surface area contributed by atoms with Crippen molar-refractivity contribution < 1.29 is 9.66 Å². The van der Waals surface area contributed by atoms with Gasteiger partial charge in [-0.05, 0) is 24.6 Å². The minimum absolute atomic E-state index is 0.0858. The Kier molecular flexibility index (Phi) is 3.43. The lowest BCUT2D eigenvalue weighted by Crippen LogP contribution is -1.92. The van der Waals surface area contributed by atoms with Crippen LogP contribution in [0.4, 0.5) is 5.69 Å². The van der Waals surface area contributed by atoms with Crippen molar-refractivity contribution in [1.82, 2.24) is 4.98 Å². The molecule has 0 radical (unpaired) electrons. The lowest BCUT2D eigenvalue weighted by molar-refractivity contribution is -0.385. The molecule has 0 saturated heterocycles. The molecule has 92 valence electrons. The average Bonchev–Trinajstić information content (AvgIpc) is 2.33. The van der Waals surface area contributed by atoms with Crippen LogP contribution in [0.2, 0.25) is 5.02 Å². The molecule has 2 aromatic rings. The van der Waals surface area contributed by atoms with Crippen LogP contribution in [0.5, 0.6) is 11.6 Å². The van der Waals surface area contributed by atoms with Crippen LogP contribution in [0.1, 0.15) is 5.56 Å². The van der Waals surface area contributed by atoms with Gasteiger partial charge in [0.25, 0.3) is 5.69 Å². The highest BCUT2D eigenvalue weighted by molar-refractivity contribution is 6.32. The number of aromatic nitrogens is 1. The number of aryl methyl sites for hydroxylation is 1. The molecule has 18 heavy (non-hydrogen) atoms. The van der Waals surface area contributed by atoms with Crippen LogP contribution in [0.15, 0.2) is 36.5 Å². The molecule has 0 spiro atoms. The van der Waals surface area contributed by atoms with Gasteiger partial charge in [0.05, 0.1) is 9.95 Å². The first-order chi connectivity index (χ1) is 8.56. The SMILES string of the molecule is Cc1ccc(Oc2ccc([N+](=O)[O-])cn2)c(Cl)c1. The maximum atomic E-state index is 10.5. The van der Waals surface area contributed by atoms with Crippen LogP contribution in [0.3, 0.4) is 0 Å². The molecule has 0 atom stereocenters. The van der Waals surface area contributed by atoms with Crippen molar-refractivity contribution in [3.8, 4) is 11.6 Å². The van der Waals surface area contributed by atoms with Crippen molar-refractivity contribution in [3.05, 3.63) is 57.2 Å². The Balaban J connectivity index is 2.21. The standard InChI is InChI=1S/C12H9ClN2O3/c1-8-2-4-11(10(13)6-8)18-12-5-3-9(7-14-12)15(16)17/h2-7H,1H3. The third-order valence-electron chi connectivity index (χ3n) is 2.23. The monoisotopic (exact) mass is 264 g/mol. The molecular formula is C12H9ClN2O3. The topological polar surface area (TPSA) is 65.3 Å². The number of halogens is 1. The number of hydrogen-bond donors (Lipinski definition) is 0. The van der Waals surface area contributed by atoms with Crippen LogP contribution < -0.4 is 4.74 Å². The number of hydrogen-bond acceptors (Lipinski definition) is 4. The summed E-state index contributed by atoms with van der Waals surface area (Å²) in [4.78, 5) is 13.8. The number of nitro groups is 1. The van der Waals surface area contributed by atoms with Gasteiger partial charge in [0.15, 0.2) is 0 Å². The zero-order valence-corrected chi connectivity index (χ0v) is 10.2. The Morgan fingerprint density at radius 3 is 2.67 bits per heavy atom. The number of nitrogens with zero attached hydrogens (tertiary/aromatic N) is 2. The van der Waals surface area contributed by atoms with E-state index < -0.39 is 4.92 Å². The van der Waals surface area contributed by atoms with E-state index >= 15 is 0 Å². The third kappa shape index (κ3) is 2.75. The quantitative estimate of drug-likeness (QED) is 0.626. The first-order valence-electron chi connectivity index (χ1n) is 5.11. The number of pyridine rings is 1. The molecule has 0 N–H and O–H groups in total. The van der Waals surface area contributed by atoms with Gasteiger partial charge in [0.2, 0.25) is 5.88 Å². The highest BCUT2D eigenvalue weighted by Crippen LogP contribution is 2.29. The summed E-state index contributed by atoms with van der Waals surface area (Å²) in [5, 5.41) is 10.9. The first-order valence-corrected chi connectivity index (χ1v) is 5.48. The summed E-state index contributed by atoms with van der Waals surface area (Å²) >= 11 is 6.00. The Bertz CT molecular complexity index is 584. The zero-order valence-electron chi connectivity index (χ0n) is 9.46. The fraction of sp³-hybridized carbons (Fsp3) is 0.0833. The van der Waals surface area contributed by atoms with E-state index in [1.54, 1.807) is 12.1 Å². The van der Waals surface area contributed by atoms with Gasteiger partial charge in [-0.2, -0.15) is 0 Å². The van der Waals surface area contributed by atoms with Gasteiger partial charge in [0, 0.05) is 12.1 Å². The number of rotatable bonds is 3. The fourth-order valence-corrected chi connectivity index (χ4v) is 1.62. The molecule has 0 bridgehead atoms. The van der Waals surface area contributed by atoms with Gasteiger partial charge in [-0.1, -0.05) is 17.7 Å². The van der Waals surface area contributed by atoms with Gasteiger partial charge in [-0.25, -0.2) is 4.98 Å². The third-order valence-corrected chi connectivity index (χ3v) is 2.53. The molecule has 5 nitrogen and oxygen atoms in total. The second-order valence-electron chi connectivity index (χ2n) is 3.65.